The van der Waals surface area contributed by atoms with Gasteiger partial charge in [-0.1, -0.05) is 27.5 Å². The van der Waals surface area contributed by atoms with Crippen LogP contribution in [0.1, 0.15) is 10.4 Å². The molecule has 2 aromatic rings. The van der Waals surface area contributed by atoms with Gasteiger partial charge in [-0.05, 0) is 18.2 Å². The summed E-state index contributed by atoms with van der Waals surface area (Å²) in [5.74, 6) is -1.45. The Morgan fingerprint density at radius 1 is 1.31 bits per heavy atom. The van der Waals surface area contributed by atoms with Crippen LogP contribution < -0.4 is 10.6 Å². The molecular weight excluding hydrogens is 431 g/mol. The van der Waals surface area contributed by atoms with Gasteiger partial charge in [0.15, 0.2) is 5.82 Å². The zero-order valence-electron chi connectivity index (χ0n) is 13.2. The quantitative estimate of drug-likeness (QED) is 0.673. The summed E-state index contributed by atoms with van der Waals surface area (Å²) in [6.45, 7) is 0.324. The highest BCUT2D eigenvalue weighted by molar-refractivity contribution is 9.10. The molecule has 1 fully saturated rings. The summed E-state index contributed by atoms with van der Waals surface area (Å²) < 4.78 is 15.0. The molecule has 1 saturated heterocycles. The average molecular weight is 444 g/mol. The van der Waals surface area contributed by atoms with Gasteiger partial charge in [0.25, 0.3) is 5.91 Å². The number of aromatic nitrogens is 1. The van der Waals surface area contributed by atoms with Crippen LogP contribution in [-0.4, -0.2) is 46.1 Å². The van der Waals surface area contributed by atoms with Crippen molar-refractivity contribution in [3.63, 3.8) is 0 Å². The predicted octanol–water partition coefficient (Wildman–Crippen LogP) is 3.47. The van der Waals surface area contributed by atoms with Crippen LogP contribution in [0.4, 0.5) is 20.6 Å². The molecule has 7 nitrogen and oxygen atoms in total. The molecule has 1 aliphatic heterocycles. The van der Waals surface area contributed by atoms with E-state index >= 15 is 0 Å². The molecule has 1 aromatic heterocycles. The highest BCUT2D eigenvalue weighted by Crippen LogP contribution is 2.30. The Kier molecular flexibility index (Phi) is 5.28. The Bertz CT molecular complexity index is 877. The maximum absolute atomic E-state index is 14.2. The second kappa shape index (κ2) is 7.46. The van der Waals surface area contributed by atoms with Crippen molar-refractivity contribution >= 4 is 50.9 Å². The standard InChI is InChI=1S/C16H13BrClFN4O3/c17-8-1-2-12(10(18)3-8)22-13-5-20-4-11(19)14(13)15(24)21-9-6-23(7-9)16(25)26/h1-5,9,22H,6-7H2,(H,21,24)(H,25,26). The van der Waals surface area contributed by atoms with E-state index in [4.69, 9.17) is 16.7 Å². The van der Waals surface area contributed by atoms with E-state index in [9.17, 15) is 14.0 Å². The fourth-order valence-electron chi connectivity index (χ4n) is 2.48. The van der Waals surface area contributed by atoms with Gasteiger partial charge in [-0.15, -0.1) is 0 Å². The minimum absolute atomic E-state index is 0.154. The Hall–Kier alpha value is -2.39. The summed E-state index contributed by atoms with van der Waals surface area (Å²) in [6, 6.07) is 4.71. The molecule has 0 saturated carbocycles. The molecular formula is C16H13BrClFN4O3. The molecule has 0 spiro atoms. The molecule has 1 aliphatic rings. The number of hydrogen-bond acceptors (Lipinski definition) is 4. The van der Waals surface area contributed by atoms with Gasteiger partial charge in [0.05, 0.1) is 34.8 Å². The molecule has 0 unspecified atom stereocenters. The van der Waals surface area contributed by atoms with Crippen LogP contribution in [0.15, 0.2) is 35.1 Å². The van der Waals surface area contributed by atoms with E-state index in [1.54, 1.807) is 18.2 Å². The Morgan fingerprint density at radius 2 is 2.04 bits per heavy atom. The Balaban J connectivity index is 1.79. The van der Waals surface area contributed by atoms with Crippen molar-refractivity contribution in [3.8, 4) is 0 Å². The first-order valence-electron chi connectivity index (χ1n) is 7.49. The highest BCUT2D eigenvalue weighted by Gasteiger charge is 2.32. The van der Waals surface area contributed by atoms with Crippen molar-refractivity contribution in [2.24, 2.45) is 0 Å². The molecule has 136 valence electrons. The van der Waals surface area contributed by atoms with Gasteiger partial charge in [-0.2, -0.15) is 0 Å². The summed E-state index contributed by atoms with van der Waals surface area (Å²) >= 11 is 9.44. The van der Waals surface area contributed by atoms with Gasteiger partial charge in [-0.3, -0.25) is 9.78 Å². The molecule has 3 N–H and O–H groups in total. The third-order valence-electron chi connectivity index (χ3n) is 3.81. The number of hydrogen-bond donors (Lipinski definition) is 3. The zero-order valence-corrected chi connectivity index (χ0v) is 15.5. The fraction of sp³-hybridized carbons (Fsp3) is 0.188. The van der Waals surface area contributed by atoms with Gasteiger partial charge in [-0.25, -0.2) is 9.18 Å². The highest BCUT2D eigenvalue weighted by atomic mass is 79.9. The minimum atomic E-state index is -1.06. The molecule has 0 bridgehead atoms. The Labute approximate surface area is 161 Å². The van der Waals surface area contributed by atoms with E-state index in [0.29, 0.717) is 10.7 Å². The molecule has 10 heteroatoms. The number of carbonyl (C=O) groups is 2. The van der Waals surface area contributed by atoms with Crippen LogP contribution in [0.5, 0.6) is 0 Å². The predicted molar refractivity (Wildman–Crippen MR) is 97.5 cm³/mol. The van der Waals surface area contributed by atoms with Gasteiger partial charge < -0.3 is 20.6 Å². The summed E-state index contributed by atoms with van der Waals surface area (Å²) in [5.41, 5.74) is 0.422. The second-order valence-electron chi connectivity index (χ2n) is 5.65. The number of carbonyl (C=O) groups excluding carboxylic acids is 1. The third kappa shape index (κ3) is 3.88. The number of pyridine rings is 1. The Morgan fingerprint density at radius 3 is 2.69 bits per heavy atom. The number of likely N-dealkylation sites (tertiary alicyclic amines) is 1. The largest absolute Gasteiger partial charge is 0.465 e. The number of rotatable bonds is 4. The zero-order chi connectivity index (χ0) is 18.8. The van der Waals surface area contributed by atoms with E-state index in [2.05, 4.69) is 31.5 Å². The van der Waals surface area contributed by atoms with Crippen LogP contribution in [-0.2, 0) is 0 Å². The van der Waals surface area contributed by atoms with Gasteiger partial charge in [0, 0.05) is 17.6 Å². The molecule has 1 aromatic carbocycles. The maximum Gasteiger partial charge on any atom is 0.407 e. The lowest BCUT2D eigenvalue weighted by Gasteiger charge is -2.37. The summed E-state index contributed by atoms with van der Waals surface area (Å²) in [6.07, 6.45) is 1.20. The van der Waals surface area contributed by atoms with Gasteiger partial charge in [0.1, 0.15) is 5.56 Å². The second-order valence-corrected chi connectivity index (χ2v) is 6.97. The summed E-state index contributed by atoms with van der Waals surface area (Å²) in [5, 5.41) is 14.7. The summed E-state index contributed by atoms with van der Waals surface area (Å²) in [4.78, 5) is 28.2. The van der Waals surface area contributed by atoms with Crippen molar-refractivity contribution in [1.82, 2.24) is 15.2 Å². The van der Waals surface area contributed by atoms with E-state index < -0.39 is 17.8 Å². The third-order valence-corrected chi connectivity index (χ3v) is 4.62. The fourth-order valence-corrected chi connectivity index (χ4v) is 3.20. The molecule has 2 amide bonds. The SMILES string of the molecule is O=C(NC1CN(C(=O)O)C1)c1c(F)cncc1Nc1ccc(Br)cc1Cl. The van der Waals surface area contributed by atoms with Crippen LogP contribution in [0, 0.1) is 5.82 Å². The van der Waals surface area contributed by atoms with Crippen LogP contribution in [0.25, 0.3) is 0 Å². The topological polar surface area (TPSA) is 94.6 Å². The normalized spacial score (nSPS) is 13.9. The van der Waals surface area contributed by atoms with Crippen LogP contribution in [0.2, 0.25) is 5.02 Å². The van der Waals surface area contributed by atoms with Crippen molar-refractivity contribution in [3.05, 3.63) is 51.5 Å². The number of anilines is 2. The molecule has 0 aliphatic carbocycles. The van der Waals surface area contributed by atoms with Gasteiger partial charge in [0.2, 0.25) is 0 Å². The molecule has 2 heterocycles. The van der Waals surface area contributed by atoms with Crippen LogP contribution in [0.3, 0.4) is 0 Å². The maximum atomic E-state index is 14.2. The molecule has 26 heavy (non-hydrogen) atoms. The van der Waals surface area contributed by atoms with Crippen molar-refractivity contribution < 1.29 is 19.1 Å². The lowest BCUT2D eigenvalue weighted by Crippen LogP contribution is -2.60. The first kappa shape index (κ1) is 18.4. The minimum Gasteiger partial charge on any atom is -0.465 e. The average Bonchev–Trinajstić information content (AvgIpc) is 2.52. The van der Waals surface area contributed by atoms with Gasteiger partial charge >= 0.3 is 6.09 Å². The monoisotopic (exact) mass is 442 g/mol. The number of nitrogens with one attached hydrogen (secondary N) is 2. The number of carboxylic acid groups (broad SMARTS) is 1. The number of halogens is 3. The number of amides is 2. The molecule has 0 atom stereocenters. The number of nitrogens with zero attached hydrogens (tertiary/aromatic N) is 2. The number of benzene rings is 1. The molecule has 3 rings (SSSR count). The van der Waals surface area contributed by atoms with Crippen molar-refractivity contribution in [1.29, 1.82) is 0 Å². The lowest BCUT2D eigenvalue weighted by atomic mass is 10.1. The summed E-state index contributed by atoms with van der Waals surface area (Å²) in [7, 11) is 0. The van der Waals surface area contributed by atoms with E-state index in [1.165, 1.54) is 6.20 Å². The smallest absolute Gasteiger partial charge is 0.407 e. The first-order valence-corrected chi connectivity index (χ1v) is 8.66. The van der Waals surface area contributed by atoms with Crippen molar-refractivity contribution in [2.75, 3.05) is 18.4 Å². The van der Waals surface area contributed by atoms with Crippen LogP contribution >= 0.6 is 27.5 Å². The van der Waals surface area contributed by atoms with E-state index in [0.717, 1.165) is 15.6 Å². The van der Waals surface area contributed by atoms with Crippen molar-refractivity contribution in [2.45, 2.75) is 6.04 Å². The first-order chi connectivity index (χ1) is 12.3. The van der Waals surface area contributed by atoms with E-state index in [1.807, 2.05) is 0 Å². The van der Waals surface area contributed by atoms with E-state index in [-0.39, 0.29) is 30.4 Å². The lowest BCUT2D eigenvalue weighted by molar-refractivity contribution is 0.0765. The molecule has 0 radical (unpaired) electrons.